The molecule has 0 saturated carbocycles. The van der Waals surface area contributed by atoms with Crippen LogP contribution in [0.1, 0.15) is 13.3 Å². The first kappa shape index (κ1) is 5.74. The summed E-state index contributed by atoms with van der Waals surface area (Å²) in [7, 11) is 0. The number of hydrogen-bond donors (Lipinski definition) is 0. The summed E-state index contributed by atoms with van der Waals surface area (Å²) >= 11 is -0.848. The number of allylic oxidation sites excluding steroid dienone is 1. The van der Waals surface area contributed by atoms with Crippen LogP contribution < -0.4 is 0 Å². The van der Waals surface area contributed by atoms with Gasteiger partial charge in [-0.3, -0.25) is 0 Å². The second-order valence-corrected chi connectivity index (χ2v) is 10.7. The minimum atomic E-state index is -0.848. The second-order valence-electron chi connectivity index (χ2n) is 2.53. The molecule has 0 aromatic carbocycles. The van der Waals surface area contributed by atoms with Gasteiger partial charge in [-0.1, -0.05) is 0 Å². The summed E-state index contributed by atoms with van der Waals surface area (Å²) in [5.41, 5.74) is 1.67. The van der Waals surface area contributed by atoms with E-state index in [2.05, 4.69) is 15.4 Å². The molecule has 0 aromatic rings. The Labute approximate surface area is 53.1 Å². The molecule has 0 fully saturated rings. The first-order valence-electron chi connectivity index (χ1n) is 2.96. The van der Waals surface area contributed by atoms with Crippen molar-refractivity contribution in [3.05, 3.63) is 9.41 Å². The van der Waals surface area contributed by atoms with Crippen LogP contribution in [-0.2, 0) is 0 Å². The maximum atomic E-state index is 2.57. The Balaban J connectivity index is 2.50. The van der Waals surface area contributed by atoms with E-state index < -0.39 is 21.4 Å². The van der Waals surface area contributed by atoms with E-state index in [0.717, 1.165) is 0 Å². The van der Waals surface area contributed by atoms with Gasteiger partial charge in [0.05, 0.1) is 0 Å². The van der Waals surface area contributed by atoms with Gasteiger partial charge in [-0.25, -0.2) is 0 Å². The molecule has 1 heterocycles. The van der Waals surface area contributed by atoms with Crippen molar-refractivity contribution < 1.29 is 0 Å². The van der Waals surface area contributed by atoms with Gasteiger partial charge in [0.25, 0.3) is 0 Å². The topological polar surface area (TPSA) is 0 Å². The standard InChI is InChI=1S/C5H8.CH3.In/c1-4-5(2)3;;/h2H,1,4H2,3H3;1H3;. The Hall–Kier alpha value is 0.610. The molecule has 0 N–H and O–H groups in total. The Morgan fingerprint density at radius 1 is 1.71 bits per heavy atom. The van der Waals surface area contributed by atoms with Crippen LogP contribution in [0.25, 0.3) is 0 Å². The third-order valence-corrected chi connectivity index (χ3v) is 8.23. The van der Waals surface area contributed by atoms with E-state index in [1.165, 1.54) is 6.42 Å². The molecule has 0 bridgehead atoms. The minimum absolute atomic E-state index is 0.848. The molecule has 0 spiro atoms. The molecular weight excluding hydrogens is 187 g/mol. The fraction of sp³-hybridized carbons (Fsp3) is 0.667. The summed E-state index contributed by atoms with van der Waals surface area (Å²) in [5, 5.41) is 0. The predicted molar refractivity (Wildman–Crippen MR) is 34.8 cm³/mol. The van der Waals surface area contributed by atoms with Crippen molar-refractivity contribution >= 4 is 21.4 Å². The van der Waals surface area contributed by atoms with Crippen LogP contribution in [0.2, 0.25) is 8.86 Å². The number of rotatable bonds is 0. The molecule has 7 heavy (non-hydrogen) atoms. The van der Waals surface area contributed by atoms with Gasteiger partial charge in [0, 0.05) is 0 Å². The van der Waals surface area contributed by atoms with Crippen molar-refractivity contribution in [2.75, 3.05) is 0 Å². The summed E-state index contributed by atoms with van der Waals surface area (Å²) in [6.45, 7) is 2.26. The quantitative estimate of drug-likeness (QED) is 0.558. The third kappa shape index (κ3) is 1.52. The van der Waals surface area contributed by atoms with Crippen molar-refractivity contribution in [1.29, 1.82) is 0 Å². The van der Waals surface area contributed by atoms with Crippen LogP contribution in [0, 0.1) is 0 Å². The van der Waals surface area contributed by atoms with E-state index in [9.17, 15) is 0 Å². The molecule has 0 unspecified atom stereocenters. The van der Waals surface area contributed by atoms with E-state index in [1.54, 1.807) is 9.75 Å². The fourth-order valence-corrected chi connectivity index (χ4v) is 7.43. The molecular formula is C6H11In. The van der Waals surface area contributed by atoms with Crippen LogP contribution >= 0.6 is 0 Å². The van der Waals surface area contributed by atoms with Gasteiger partial charge in [0.2, 0.25) is 0 Å². The van der Waals surface area contributed by atoms with Crippen molar-refractivity contribution in [3.63, 3.8) is 0 Å². The summed E-state index contributed by atoms with van der Waals surface area (Å²) in [6, 6.07) is 0. The van der Waals surface area contributed by atoms with Gasteiger partial charge in [-0.05, 0) is 0 Å². The summed E-state index contributed by atoms with van der Waals surface area (Å²) in [4.78, 5) is 0. The van der Waals surface area contributed by atoms with Crippen LogP contribution in [-0.4, -0.2) is 21.4 Å². The normalized spacial score (nSPS) is 20.3. The van der Waals surface area contributed by atoms with Gasteiger partial charge >= 0.3 is 53.0 Å². The van der Waals surface area contributed by atoms with Crippen molar-refractivity contribution in [1.82, 2.24) is 0 Å². The van der Waals surface area contributed by atoms with Crippen molar-refractivity contribution in [2.45, 2.75) is 22.2 Å². The zero-order valence-corrected chi connectivity index (χ0v) is 8.36. The third-order valence-electron chi connectivity index (χ3n) is 1.56. The molecule has 0 amide bonds. The van der Waals surface area contributed by atoms with Gasteiger partial charge < -0.3 is 0 Å². The Morgan fingerprint density at radius 3 is 2.57 bits per heavy atom. The zero-order valence-electron chi connectivity index (χ0n) is 5.07. The Bertz CT molecular complexity index is 94.4. The van der Waals surface area contributed by atoms with Crippen molar-refractivity contribution in [3.8, 4) is 0 Å². The summed E-state index contributed by atoms with van der Waals surface area (Å²) in [6.07, 6.45) is 1.43. The summed E-state index contributed by atoms with van der Waals surface area (Å²) in [5.74, 6) is 0. The second kappa shape index (κ2) is 2.25. The molecule has 1 rings (SSSR count). The molecule has 1 heteroatoms. The van der Waals surface area contributed by atoms with E-state index in [0.29, 0.717) is 0 Å². The molecule has 0 atom stereocenters. The van der Waals surface area contributed by atoms with Crippen LogP contribution in [0.3, 0.4) is 0 Å². The predicted octanol–water partition coefficient (Wildman–Crippen LogP) is 2.00. The average Bonchev–Trinajstić information content (AvgIpc) is 1.87. The SMILES string of the molecule is CC1=[CH][In]([CH3])[CH2]C1. The average molecular weight is 198 g/mol. The molecule has 0 radical (unpaired) electrons. The first-order valence-corrected chi connectivity index (χ1v) is 10.5. The van der Waals surface area contributed by atoms with Gasteiger partial charge in [-0.15, -0.1) is 0 Å². The van der Waals surface area contributed by atoms with Gasteiger partial charge in [0.1, 0.15) is 0 Å². The fourth-order valence-electron chi connectivity index (χ4n) is 1.11. The Kier molecular flexibility index (Phi) is 1.85. The van der Waals surface area contributed by atoms with Crippen molar-refractivity contribution in [2.24, 2.45) is 0 Å². The molecule has 0 aliphatic carbocycles. The van der Waals surface area contributed by atoms with E-state index in [4.69, 9.17) is 0 Å². The molecule has 38 valence electrons. The molecule has 1 aliphatic rings. The van der Waals surface area contributed by atoms with E-state index in [1.807, 2.05) is 0 Å². The van der Waals surface area contributed by atoms with E-state index >= 15 is 0 Å². The van der Waals surface area contributed by atoms with Gasteiger partial charge in [0.15, 0.2) is 0 Å². The molecule has 1 aliphatic heterocycles. The van der Waals surface area contributed by atoms with E-state index in [-0.39, 0.29) is 0 Å². The zero-order chi connectivity index (χ0) is 5.28. The Morgan fingerprint density at radius 2 is 2.43 bits per heavy atom. The summed E-state index contributed by atoms with van der Waals surface area (Å²) < 4.78 is 6.65. The maximum absolute atomic E-state index is 2.57. The molecule has 0 saturated heterocycles. The van der Waals surface area contributed by atoms with Crippen LogP contribution in [0.4, 0.5) is 0 Å². The molecule has 0 aromatic heterocycles. The number of hydrogen-bond acceptors (Lipinski definition) is 0. The van der Waals surface area contributed by atoms with Gasteiger partial charge in [-0.2, -0.15) is 0 Å². The monoisotopic (exact) mass is 198 g/mol. The van der Waals surface area contributed by atoms with Crippen LogP contribution in [0.5, 0.6) is 0 Å². The first-order chi connectivity index (χ1) is 3.29. The van der Waals surface area contributed by atoms with Crippen LogP contribution in [0.15, 0.2) is 9.41 Å². The molecule has 0 nitrogen and oxygen atoms in total.